The van der Waals surface area contributed by atoms with E-state index in [1.165, 1.54) is 30.4 Å². The van der Waals surface area contributed by atoms with Gasteiger partial charge in [-0.15, -0.1) is 0 Å². The van der Waals surface area contributed by atoms with Crippen molar-refractivity contribution in [2.45, 2.75) is 0 Å². The van der Waals surface area contributed by atoms with Gasteiger partial charge in [0.2, 0.25) is 5.91 Å². The Bertz CT molecular complexity index is 503. The molecule has 86 valence electrons. The van der Waals surface area contributed by atoms with Gasteiger partial charge in [-0.25, -0.2) is 0 Å². The van der Waals surface area contributed by atoms with Crippen molar-refractivity contribution in [1.82, 2.24) is 5.32 Å². The zero-order valence-electron chi connectivity index (χ0n) is 8.79. The van der Waals surface area contributed by atoms with Crippen molar-refractivity contribution in [3.05, 3.63) is 46.0 Å². The Morgan fingerprint density at radius 1 is 1.59 bits per heavy atom. The molecule has 6 heteroatoms. The van der Waals surface area contributed by atoms with Crippen LogP contribution in [0.1, 0.15) is 5.56 Å². The summed E-state index contributed by atoms with van der Waals surface area (Å²) in [6.45, 7) is -0.0713. The monoisotopic (exact) mass is 231 g/mol. The summed E-state index contributed by atoms with van der Waals surface area (Å²) in [4.78, 5) is 21.1. The van der Waals surface area contributed by atoms with E-state index in [1.807, 2.05) is 0 Å². The summed E-state index contributed by atoms with van der Waals surface area (Å²) in [7, 11) is 0. The largest absolute Gasteiger partial charge is 0.339 e. The molecular weight excluding hydrogens is 222 g/mol. The number of benzene rings is 1. The van der Waals surface area contributed by atoms with E-state index in [-0.39, 0.29) is 12.2 Å². The van der Waals surface area contributed by atoms with Crippen LogP contribution in [0.15, 0.2) is 30.3 Å². The van der Waals surface area contributed by atoms with E-state index >= 15 is 0 Å². The third-order valence-corrected chi connectivity index (χ3v) is 1.85. The summed E-state index contributed by atoms with van der Waals surface area (Å²) in [5.41, 5.74) is 0.510. The molecule has 0 saturated carbocycles. The minimum atomic E-state index is -0.507. The number of nitrogens with zero attached hydrogens (tertiary/aromatic N) is 2. The fourth-order valence-electron chi connectivity index (χ4n) is 1.10. The van der Waals surface area contributed by atoms with Gasteiger partial charge in [-0.3, -0.25) is 14.9 Å². The van der Waals surface area contributed by atoms with Crippen molar-refractivity contribution < 1.29 is 9.72 Å². The van der Waals surface area contributed by atoms with Crippen LogP contribution in [-0.2, 0) is 4.79 Å². The molecule has 0 saturated heterocycles. The lowest BCUT2D eigenvalue weighted by Gasteiger charge is -1.95. The molecule has 0 unspecified atom stereocenters. The van der Waals surface area contributed by atoms with Gasteiger partial charge >= 0.3 is 0 Å². The number of carbonyl (C=O) groups excluding carboxylic acids is 1. The highest BCUT2D eigenvalue weighted by atomic mass is 16.6. The van der Waals surface area contributed by atoms with Crippen LogP contribution < -0.4 is 5.32 Å². The molecule has 0 aliphatic heterocycles. The number of nitrogens with one attached hydrogen (secondary N) is 1. The molecule has 0 aliphatic rings. The van der Waals surface area contributed by atoms with Crippen LogP contribution in [0.2, 0.25) is 0 Å². The minimum Gasteiger partial charge on any atom is -0.339 e. The number of nitro groups is 1. The molecule has 0 fully saturated rings. The van der Waals surface area contributed by atoms with Gasteiger partial charge in [0.05, 0.1) is 11.0 Å². The number of hydrogen-bond donors (Lipinski definition) is 1. The van der Waals surface area contributed by atoms with Gasteiger partial charge in [0.1, 0.15) is 6.54 Å². The Balaban J connectivity index is 2.72. The highest BCUT2D eigenvalue weighted by molar-refractivity contribution is 5.91. The van der Waals surface area contributed by atoms with Gasteiger partial charge in [-0.05, 0) is 11.6 Å². The average Bonchev–Trinajstić information content (AvgIpc) is 2.34. The van der Waals surface area contributed by atoms with E-state index in [0.29, 0.717) is 5.56 Å². The van der Waals surface area contributed by atoms with E-state index in [9.17, 15) is 14.9 Å². The average molecular weight is 231 g/mol. The summed E-state index contributed by atoms with van der Waals surface area (Å²) in [5, 5.41) is 21.1. The van der Waals surface area contributed by atoms with E-state index in [2.05, 4.69) is 5.32 Å². The quantitative estimate of drug-likeness (QED) is 0.365. The first kappa shape index (κ1) is 12.4. The van der Waals surface area contributed by atoms with Crippen LogP contribution in [0.25, 0.3) is 6.08 Å². The summed E-state index contributed by atoms with van der Waals surface area (Å²) in [5.74, 6) is -0.418. The Hall–Kier alpha value is -2.68. The molecule has 0 spiro atoms. The number of non-ortho nitro benzene ring substituents is 1. The number of hydrogen-bond acceptors (Lipinski definition) is 4. The molecule has 0 aromatic heterocycles. The summed E-state index contributed by atoms with van der Waals surface area (Å²) in [6.07, 6.45) is 2.66. The predicted molar refractivity (Wildman–Crippen MR) is 60.8 cm³/mol. The Kier molecular flexibility index (Phi) is 4.39. The lowest BCUT2D eigenvalue weighted by Crippen LogP contribution is -2.20. The summed E-state index contributed by atoms with van der Waals surface area (Å²) < 4.78 is 0. The van der Waals surface area contributed by atoms with Gasteiger partial charge in [-0.2, -0.15) is 5.26 Å². The lowest BCUT2D eigenvalue weighted by atomic mass is 10.2. The van der Waals surface area contributed by atoms with Gasteiger partial charge < -0.3 is 5.32 Å². The van der Waals surface area contributed by atoms with Crippen LogP contribution in [0.5, 0.6) is 0 Å². The number of amides is 1. The van der Waals surface area contributed by atoms with Crippen LogP contribution in [0.4, 0.5) is 5.69 Å². The zero-order chi connectivity index (χ0) is 12.7. The maximum atomic E-state index is 11.1. The molecule has 1 aromatic carbocycles. The summed E-state index contributed by atoms with van der Waals surface area (Å²) in [6, 6.07) is 7.66. The minimum absolute atomic E-state index is 0.0374. The Morgan fingerprint density at radius 2 is 2.35 bits per heavy atom. The fraction of sp³-hybridized carbons (Fsp3) is 0.0909. The van der Waals surface area contributed by atoms with Crippen molar-refractivity contribution >= 4 is 17.7 Å². The van der Waals surface area contributed by atoms with Crippen molar-refractivity contribution in [2.75, 3.05) is 6.54 Å². The first-order valence-electron chi connectivity index (χ1n) is 4.71. The molecule has 17 heavy (non-hydrogen) atoms. The molecule has 0 radical (unpaired) electrons. The standard InChI is InChI=1S/C11H9N3O3/c12-6-7-13-11(15)5-4-9-2-1-3-10(8-9)14(16)17/h1-5,8H,7H2,(H,13,15)/b5-4+. The van der Waals surface area contributed by atoms with Crippen LogP contribution in [0.3, 0.4) is 0 Å². The maximum absolute atomic E-state index is 11.1. The molecule has 0 heterocycles. The van der Waals surface area contributed by atoms with Crippen LogP contribution in [0, 0.1) is 21.4 Å². The van der Waals surface area contributed by atoms with Gasteiger partial charge in [-0.1, -0.05) is 12.1 Å². The smallest absolute Gasteiger partial charge is 0.270 e. The number of carbonyl (C=O) groups is 1. The third-order valence-electron chi connectivity index (χ3n) is 1.85. The predicted octanol–water partition coefficient (Wildman–Crippen LogP) is 1.25. The molecule has 0 atom stereocenters. The van der Waals surface area contributed by atoms with Gasteiger partial charge in [0.15, 0.2) is 0 Å². The fourth-order valence-corrected chi connectivity index (χ4v) is 1.10. The Labute approximate surface area is 97.3 Å². The second-order valence-corrected chi connectivity index (χ2v) is 3.06. The first-order valence-corrected chi connectivity index (χ1v) is 4.71. The zero-order valence-corrected chi connectivity index (χ0v) is 8.79. The highest BCUT2D eigenvalue weighted by Gasteiger charge is 2.03. The van der Waals surface area contributed by atoms with E-state index in [4.69, 9.17) is 5.26 Å². The molecule has 0 aliphatic carbocycles. The van der Waals surface area contributed by atoms with Gasteiger partial charge in [0.25, 0.3) is 5.69 Å². The van der Waals surface area contributed by atoms with Gasteiger partial charge in [0, 0.05) is 18.2 Å². The molecule has 1 N–H and O–H groups in total. The maximum Gasteiger partial charge on any atom is 0.270 e. The Morgan fingerprint density at radius 3 is 3.00 bits per heavy atom. The molecule has 0 bridgehead atoms. The van der Waals surface area contributed by atoms with E-state index in [1.54, 1.807) is 12.1 Å². The highest BCUT2D eigenvalue weighted by Crippen LogP contribution is 2.13. The molecular formula is C11H9N3O3. The topological polar surface area (TPSA) is 96.0 Å². The van der Waals surface area contributed by atoms with Crippen LogP contribution >= 0.6 is 0 Å². The van der Waals surface area contributed by atoms with E-state index in [0.717, 1.165) is 0 Å². The normalized spacial score (nSPS) is 9.82. The van der Waals surface area contributed by atoms with Crippen molar-refractivity contribution in [3.8, 4) is 6.07 Å². The second-order valence-electron chi connectivity index (χ2n) is 3.06. The molecule has 1 amide bonds. The number of nitro benzene ring substituents is 1. The van der Waals surface area contributed by atoms with Crippen LogP contribution in [-0.4, -0.2) is 17.4 Å². The number of nitriles is 1. The second kappa shape index (κ2) is 6.02. The molecule has 1 rings (SSSR count). The molecule has 1 aromatic rings. The summed E-state index contributed by atoms with van der Waals surface area (Å²) >= 11 is 0. The third kappa shape index (κ3) is 4.13. The van der Waals surface area contributed by atoms with Crippen molar-refractivity contribution in [3.63, 3.8) is 0 Å². The lowest BCUT2D eigenvalue weighted by molar-refractivity contribution is -0.384. The number of rotatable bonds is 4. The SMILES string of the molecule is N#CCNC(=O)/C=C/c1cccc([N+](=O)[O-])c1. The van der Waals surface area contributed by atoms with Crippen molar-refractivity contribution in [2.24, 2.45) is 0 Å². The van der Waals surface area contributed by atoms with Crippen molar-refractivity contribution in [1.29, 1.82) is 5.26 Å². The first-order chi connectivity index (χ1) is 8.13. The molecule has 6 nitrogen and oxygen atoms in total. The van der Waals surface area contributed by atoms with E-state index < -0.39 is 10.8 Å².